The van der Waals surface area contributed by atoms with Crippen LogP contribution in [0.3, 0.4) is 0 Å². The largest absolute Gasteiger partial charge is 0.458 e. The third-order valence-electron chi connectivity index (χ3n) is 7.07. The zero-order valence-corrected chi connectivity index (χ0v) is 17.8. The number of esters is 2. The average molecular weight is 411 g/mol. The van der Waals surface area contributed by atoms with E-state index in [-0.39, 0.29) is 18.4 Å². The van der Waals surface area contributed by atoms with Crippen LogP contribution in [0.1, 0.15) is 66.2 Å². The summed E-state index contributed by atoms with van der Waals surface area (Å²) in [5, 5.41) is 22.0. The molecule has 0 aromatic rings. The SMILES string of the molecule is C=C1C(=O)O[C@H]2[C@H](OC(C)=O)[C@@H](C)CCC[C@](C)(O)[C@H]3CC[C@](C)(O3)[C@H](O)C[C@@H]12. The fraction of sp³-hybridized carbons (Fsp3) is 0.818. The minimum absolute atomic E-state index is 0.0903. The molecule has 0 amide bonds. The third-order valence-corrected chi connectivity index (χ3v) is 7.07. The number of carbonyl (C=O) groups excluding carboxylic acids is 2. The molecule has 3 aliphatic rings. The summed E-state index contributed by atoms with van der Waals surface area (Å²) in [6, 6.07) is 0. The first-order valence-electron chi connectivity index (χ1n) is 10.6. The smallest absolute Gasteiger partial charge is 0.334 e. The van der Waals surface area contributed by atoms with E-state index >= 15 is 0 Å². The van der Waals surface area contributed by atoms with E-state index in [4.69, 9.17) is 14.2 Å². The topological polar surface area (TPSA) is 102 Å². The van der Waals surface area contributed by atoms with E-state index in [2.05, 4.69) is 6.58 Å². The lowest BCUT2D eigenvalue weighted by atomic mass is 9.79. The Labute approximate surface area is 172 Å². The molecule has 7 nitrogen and oxygen atoms in total. The molecular formula is C22H34O7. The molecule has 0 aromatic carbocycles. The summed E-state index contributed by atoms with van der Waals surface area (Å²) in [5.41, 5.74) is -1.55. The maximum absolute atomic E-state index is 12.3. The van der Waals surface area contributed by atoms with Crippen molar-refractivity contribution in [2.75, 3.05) is 0 Å². The van der Waals surface area contributed by atoms with Gasteiger partial charge in [-0.05, 0) is 51.9 Å². The minimum Gasteiger partial charge on any atom is -0.458 e. The van der Waals surface area contributed by atoms with E-state index in [1.165, 1.54) is 6.92 Å². The number of ether oxygens (including phenoxy) is 3. The Kier molecular flexibility index (Phi) is 6.14. The van der Waals surface area contributed by atoms with Crippen molar-refractivity contribution in [2.24, 2.45) is 11.8 Å². The molecule has 3 saturated heterocycles. The van der Waals surface area contributed by atoms with Crippen LogP contribution in [-0.4, -0.2) is 57.8 Å². The zero-order chi connectivity index (χ0) is 21.6. The van der Waals surface area contributed by atoms with Crippen LogP contribution >= 0.6 is 0 Å². The Hall–Kier alpha value is -1.44. The molecule has 3 aliphatic heterocycles. The van der Waals surface area contributed by atoms with Crippen molar-refractivity contribution in [1.29, 1.82) is 0 Å². The Morgan fingerprint density at radius 3 is 2.62 bits per heavy atom. The highest BCUT2D eigenvalue weighted by Crippen LogP contribution is 2.44. The first-order chi connectivity index (χ1) is 13.4. The molecule has 3 rings (SSSR count). The average Bonchev–Trinajstić information content (AvgIpc) is 3.16. The Bertz CT molecular complexity index is 672. The van der Waals surface area contributed by atoms with Crippen molar-refractivity contribution in [3.05, 3.63) is 12.2 Å². The van der Waals surface area contributed by atoms with Gasteiger partial charge < -0.3 is 24.4 Å². The monoisotopic (exact) mass is 410 g/mol. The van der Waals surface area contributed by atoms with Crippen molar-refractivity contribution in [3.63, 3.8) is 0 Å². The van der Waals surface area contributed by atoms with Crippen molar-refractivity contribution < 1.29 is 34.0 Å². The van der Waals surface area contributed by atoms with Gasteiger partial charge in [0.05, 0.1) is 23.4 Å². The summed E-state index contributed by atoms with van der Waals surface area (Å²) in [6.07, 6.45) is 0.848. The number of hydrogen-bond donors (Lipinski definition) is 2. The van der Waals surface area contributed by atoms with E-state index in [0.29, 0.717) is 37.7 Å². The first-order valence-corrected chi connectivity index (χ1v) is 10.6. The number of fused-ring (bicyclic) bond motifs is 3. The number of carbonyl (C=O) groups is 2. The molecule has 0 aromatic heterocycles. The van der Waals surface area contributed by atoms with Crippen LogP contribution in [0.25, 0.3) is 0 Å². The highest BCUT2D eigenvalue weighted by Gasteiger charge is 2.52. The fourth-order valence-corrected chi connectivity index (χ4v) is 5.04. The maximum atomic E-state index is 12.3. The van der Waals surface area contributed by atoms with Gasteiger partial charge in [0.15, 0.2) is 0 Å². The second-order valence-electron chi connectivity index (χ2n) is 9.51. The summed E-state index contributed by atoms with van der Waals surface area (Å²) >= 11 is 0. The second kappa shape index (κ2) is 8.00. The molecule has 164 valence electrons. The Morgan fingerprint density at radius 1 is 1.28 bits per heavy atom. The summed E-state index contributed by atoms with van der Waals surface area (Å²) in [7, 11) is 0. The van der Waals surface area contributed by atoms with Gasteiger partial charge in [0, 0.05) is 18.4 Å². The van der Waals surface area contributed by atoms with Crippen molar-refractivity contribution >= 4 is 11.9 Å². The van der Waals surface area contributed by atoms with Crippen LogP contribution in [0.5, 0.6) is 0 Å². The Balaban J connectivity index is 1.95. The summed E-state index contributed by atoms with van der Waals surface area (Å²) in [6.45, 7) is 10.8. The molecule has 3 heterocycles. The number of aliphatic hydroxyl groups is 2. The molecule has 7 heteroatoms. The maximum Gasteiger partial charge on any atom is 0.334 e. The number of aliphatic hydroxyl groups excluding tert-OH is 1. The molecule has 29 heavy (non-hydrogen) atoms. The molecule has 0 spiro atoms. The van der Waals surface area contributed by atoms with Crippen LogP contribution in [0.15, 0.2) is 12.2 Å². The quantitative estimate of drug-likeness (QED) is 0.505. The minimum atomic E-state index is -1.01. The van der Waals surface area contributed by atoms with E-state index < -0.39 is 47.4 Å². The first kappa shape index (κ1) is 22.2. The highest BCUT2D eigenvalue weighted by molar-refractivity contribution is 5.91. The molecule has 0 saturated carbocycles. The zero-order valence-electron chi connectivity index (χ0n) is 17.8. The van der Waals surface area contributed by atoms with Crippen molar-refractivity contribution in [3.8, 4) is 0 Å². The van der Waals surface area contributed by atoms with Gasteiger partial charge in [-0.25, -0.2) is 4.79 Å². The predicted molar refractivity (Wildman–Crippen MR) is 105 cm³/mol. The fourth-order valence-electron chi connectivity index (χ4n) is 5.04. The molecule has 0 radical (unpaired) electrons. The molecular weight excluding hydrogens is 376 g/mol. The van der Waals surface area contributed by atoms with Crippen LogP contribution in [0, 0.1) is 11.8 Å². The second-order valence-corrected chi connectivity index (χ2v) is 9.51. The van der Waals surface area contributed by atoms with Gasteiger partial charge in [-0.1, -0.05) is 19.9 Å². The molecule has 2 bridgehead atoms. The Morgan fingerprint density at radius 2 is 1.97 bits per heavy atom. The van der Waals surface area contributed by atoms with Gasteiger partial charge in [0.1, 0.15) is 12.2 Å². The van der Waals surface area contributed by atoms with E-state index in [0.717, 1.165) is 0 Å². The van der Waals surface area contributed by atoms with Gasteiger partial charge in [0.25, 0.3) is 0 Å². The van der Waals surface area contributed by atoms with Crippen LogP contribution < -0.4 is 0 Å². The standard InChI is InChI=1S/C22H34O7/c1-12-7-6-9-21(4,26)17-8-10-22(5,29-17)16(24)11-15-13(2)20(25)28-19(15)18(12)27-14(3)23/h12,15-19,24,26H,2,6-11H2,1,3-5H3/t12-,15-,16+,17+,18+,19+,21-,22-/m0/s1. The predicted octanol–water partition coefficient (Wildman–Crippen LogP) is 2.28. The van der Waals surface area contributed by atoms with Gasteiger partial charge in [-0.15, -0.1) is 0 Å². The molecule has 2 N–H and O–H groups in total. The molecule has 3 fully saturated rings. The molecule has 8 atom stereocenters. The van der Waals surface area contributed by atoms with Gasteiger partial charge in [-0.3, -0.25) is 4.79 Å². The van der Waals surface area contributed by atoms with Gasteiger partial charge in [-0.2, -0.15) is 0 Å². The van der Waals surface area contributed by atoms with Crippen LogP contribution in [-0.2, 0) is 23.8 Å². The van der Waals surface area contributed by atoms with Crippen molar-refractivity contribution in [2.45, 2.75) is 102 Å². The van der Waals surface area contributed by atoms with Crippen LogP contribution in [0.2, 0.25) is 0 Å². The van der Waals surface area contributed by atoms with E-state index in [1.54, 1.807) is 6.92 Å². The third kappa shape index (κ3) is 4.37. The van der Waals surface area contributed by atoms with E-state index in [9.17, 15) is 19.8 Å². The molecule has 0 unspecified atom stereocenters. The van der Waals surface area contributed by atoms with Gasteiger partial charge >= 0.3 is 11.9 Å². The van der Waals surface area contributed by atoms with Gasteiger partial charge in [0.2, 0.25) is 0 Å². The lowest BCUT2D eigenvalue weighted by Gasteiger charge is -2.36. The summed E-state index contributed by atoms with van der Waals surface area (Å²) in [4.78, 5) is 24.1. The lowest BCUT2D eigenvalue weighted by Crippen LogP contribution is -2.46. The number of hydrogen-bond acceptors (Lipinski definition) is 7. The lowest BCUT2D eigenvalue weighted by molar-refractivity contribution is -0.169. The summed E-state index contributed by atoms with van der Waals surface area (Å²) < 4.78 is 17.4. The summed E-state index contributed by atoms with van der Waals surface area (Å²) in [5.74, 6) is -1.51. The molecule has 0 aliphatic carbocycles. The van der Waals surface area contributed by atoms with Crippen molar-refractivity contribution in [1.82, 2.24) is 0 Å². The van der Waals surface area contributed by atoms with E-state index in [1.807, 2.05) is 13.8 Å². The number of rotatable bonds is 1. The highest BCUT2D eigenvalue weighted by atomic mass is 16.6. The normalized spacial score (nSPS) is 46.1. The van der Waals surface area contributed by atoms with Crippen LogP contribution in [0.4, 0.5) is 0 Å².